The average Bonchev–Trinajstić information content (AvgIpc) is 3.09. The van der Waals surface area contributed by atoms with Crippen LogP contribution in [0.3, 0.4) is 0 Å². The zero-order valence-corrected chi connectivity index (χ0v) is 15.1. The lowest BCUT2D eigenvalue weighted by Gasteiger charge is -2.24. The Morgan fingerprint density at radius 3 is 2.64 bits per heavy atom. The first-order chi connectivity index (χ1) is 13.4. The maximum absolute atomic E-state index is 12.2. The third-order valence-electron chi connectivity index (χ3n) is 6.46. The minimum Gasteiger partial charge on any atom is -0.506 e. The summed E-state index contributed by atoms with van der Waals surface area (Å²) in [5.74, 6) is -0.934. The number of piperidine rings is 1. The molecule has 5 rings (SSSR count). The minimum absolute atomic E-state index is 0.256. The van der Waals surface area contributed by atoms with Gasteiger partial charge >= 0.3 is 5.97 Å². The van der Waals surface area contributed by atoms with Crippen molar-refractivity contribution in [2.24, 2.45) is 17.6 Å². The minimum atomic E-state index is -1.48. The summed E-state index contributed by atoms with van der Waals surface area (Å²) in [7, 11) is 0. The fourth-order valence-electron chi connectivity index (χ4n) is 4.77. The number of aromatic nitrogens is 1. The number of carboxylic acid groups (broad SMARTS) is 1. The summed E-state index contributed by atoms with van der Waals surface area (Å²) in [6.07, 6.45) is -0.206. The molecule has 1 saturated heterocycles. The molecule has 6 N–H and O–H groups in total. The number of pyridine rings is 1. The number of benzene rings is 1. The molecule has 28 heavy (non-hydrogen) atoms. The molecule has 2 fully saturated rings. The summed E-state index contributed by atoms with van der Waals surface area (Å²) in [5, 5.41) is 30.3. The molecule has 146 valence electrons. The topological polar surface area (TPSA) is 140 Å². The van der Waals surface area contributed by atoms with Gasteiger partial charge in [-0.15, -0.1) is 0 Å². The van der Waals surface area contributed by atoms with Crippen LogP contribution in [0.25, 0.3) is 11.3 Å². The monoisotopic (exact) mass is 383 g/mol. The van der Waals surface area contributed by atoms with Crippen molar-refractivity contribution in [2.45, 2.75) is 25.0 Å². The first kappa shape index (κ1) is 17.3. The van der Waals surface area contributed by atoms with Crippen molar-refractivity contribution in [3.05, 3.63) is 45.2 Å². The van der Waals surface area contributed by atoms with Gasteiger partial charge in [0.05, 0.1) is 11.8 Å². The fraction of sp³-hybridized carbons (Fsp3) is 0.400. The van der Waals surface area contributed by atoms with Crippen LogP contribution in [0.15, 0.2) is 23.0 Å². The van der Waals surface area contributed by atoms with E-state index in [0.29, 0.717) is 46.7 Å². The van der Waals surface area contributed by atoms with Gasteiger partial charge < -0.3 is 30.9 Å². The number of aromatic amines is 1. The number of aliphatic hydroxyl groups excluding tert-OH is 1. The van der Waals surface area contributed by atoms with Crippen LogP contribution in [0.5, 0.6) is 5.75 Å². The number of anilines is 1. The van der Waals surface area contributed by atoms with Crippen molar-refractivity contribution in [3.8, 4) is 17.0 Å². The molecule has 0 spiro atoms. The number of hydrogen-bond acceptors (Lipinski definition) is 6. The smallest absolute Gasteiger partial charge is 0.345 e. The number of nitrogens with zero attached hydrogens (tertiary/aromatic N) is 1. The average molecular weight is 383 g/mol. The molecule has 2 aromatic rings. The summed E-state index contributed by atoms with van der Waals surface area (Å²) in [4.78, 5) is 28.4. The number of aliphatic hydroxyl groups is 1. The second kappa shape index (κ2) is 5.83. The number of fused-ring (bicyclic) bond motifs is 4. The van der Waals surface area contributed by atoms with Gasteiger partial charge in [-0.3, -0.25) is 4.79 Å². The molecule has 1 aromatic heterocycles. The Labute approximate surface area is 160 Å². The Morgan fingerprint density at radius 2 is 1.96 bits per heavy atom. The second-order valence-corrected chi connectivity index (χ2v) is 7.97. The van der Waals surface area contributed by atoms with Gasteiger partial charge in [0.1, 0.15) is 5.75 Å². The first-order valence-electron chi connectivity index (χ1n) is 9.41. The summed E-state index contributed by atoms with van der Waals surface area (Å²) in [5.41, 5.74) is 7.47. The molecule has 1 saturated carbocycles. The summed E-state index contributed by atoms with van der Waals surface area (Å²) < 4.78 is 0. The van der Waals surface area contributed by atoms with E-state index in [4.69, 9.17) is 5.73 Å². The van der Waals surface area contributed by atoms with Crippen LogP contribution in [0.2, 0.25) is 0 Å². The van der Waals surface area contributed by atoms with E-state index >= 15 is 0 Å². The highest BCUT2D eigenvalue weighted by atomic mass is 16.4. The third-order valence-corrected chi connectivity index (χ3v) is 6.46. The van der Waals surface area contributed by atoms with Gasteiger partial charge in [0.25, 0.3) is 5.56 Å². The van der Waals surface area contributed by atoms with Gasteiger partial charge in [-0.2, -0.15) is 0 Å². The Bertz CT molecular complexity index is 1050. The van der Waals surface area contributed by atoms with E-state index in [1.54, 1.807) is 0 Å². The quantitative estimate of drug-likeness (QED) is 0.517. The van der Waals surface area contributed by atoms with Gasteiger partial charge in [0, 0.05) is 35.9 Å². The van der Waals surface area contributed by atoms with E-state index < -0.39 is 28.9 Å². The Morgan fingerprint density at radius 1 is 1.25 bits per heavy atom. The largest absolute Gasteiger partial charge is 0.506 e. The number of carboxylic acids is 1. The summed E-state index contributed by atoms with van der Waals surface area (Å²) in [6, 6.07) is 5.96. The molecule has 3 aliphatic rings. The number of aromatic hydroxyl groups is 1. The molecule has 1 aromatic carbocycles. The summed E-state index contributed by atoms with van der Waals surface area (Å²) >= 11 is 0. The number of nitrogens with one attached hydrogen (secondary N) is 1. The van der Waals surface area contributed by atoms with Gasteiger partial charge in [-0.25, -0.2) is 4.79 Å². The molecular weight excluding hydrogens is 362 g/mol. The third kappa shape index (κ3) is 2.38. The Balaban J connectivity index is 1.61. The zero-order valence-electron chi connectivity index (χ0n) is 15.1. The fourth-order valence-corrected chi connectivity index (χ4v) is 4.77. The Kier molecular flexibility index (Phi) is 3.59. The van der Waals surface area contributed by atoms with Crippen molar-refractivity contribution in [3.63, 3.8) is 0 Å². The number of nitrogens with two attached hydrogens (primary N) is 1. The highest BCUT2D eigenvalue weighted by molar-refractivity contribution is 5.92. The van der Waals surface area contributed by atoms with Gasteiger partial charge in [-0.1, -0.05) is 6.07 Å². The van der Waals surface area contributed by atoms with Crippen molar-refractivity contribution < 1.29 is 20.1 Å². The van der Waals surface area contributed by atoms with Crippen molar-refractivity contribution in [1.82, 2.24) is 4.98 Å². The molecule has 0 amide bonds. The van der Waals surface area contributed by atoms with E-state index in [2.05, 4.69) is 9.88 Å². The van der Waals surface area contributed by atoms with Crippen molar-refractivity contribution >= 4 is 11.7 Å². The molecule has 8 nitrogen and oxygen atoms in total. The zero-order chi connectivity index (χ0) is 19.7. The standard InChI is InChI=1S/C20H21N3O5/c21-16-12-6-23(7-13(12)16)8-1-2-9-11(5-8)14(24)4-3-10-17(9)22-19(26)15(18(10)25)20(27)28/h1-2,5,12-14,16,24H,3-4,6-7,21H2,(H,27,28)(H2,22,25,26). The van der Waals surface area contributed by atoms with Gasteiger partial charge in [0.15, 0.2) is 5.56 Å². The highest BCUT2D eigenvalue weighted by Crippen LogP contribution is 2.47. The van der Waals surface area contributed by atoms with Crippen LogP contribution in [0.1, 0.15) is 34.0 Å². The predicted molar refractivity (Wildman–Crippen MR) is 102 cm³/mol. The lowest BCUT2D eigenvalue weighted by molar-refractivity contribution is 0.0691. The highest BCUT2D eigenvalue weighted by Gasteiger charge is 2.53. The van der Waals surface area contributed by atoms with Gasteiger partial charge in [0.2, 0.25) is 0 Å². The van der Waals surface area contributed by atoms with Crippen LogP contribution < -0.4 is 16.2 Å². The van der Waals surface area contributed by atoms with Crippen LogP contribution in [-0.4, -0.2) is 45.4 Å². The maximum Gasteiger partial charge on any atom is 0.345 e. The molecule has 3 unspecified atom stereocenters. The lowest BCUT2D eigenvalue weighted by atomic mass is 9.98. The van der Waals surface area contributed by atoms with Crippen LogP contribution in [0, 0.1) is 11.8 Å². The molecule has 3 atom stereocenters. The SMILES string of the molecule is NC1C2CN(c3ccc4c(c3)C(O)CCc3c-4[nH]c(=O)c(C(=O)O)c3O)CC12. The van der Waals surface area contributed by atoms with E-state index in [-0.39, 0.29) is 6.42 Å². The van der Waals surface area contributed by atoms with E-state index in [1.165, 1.54) is 0 Å². The molecule has 8 heteroatoms. The van der Waals surface area contributed by atoms with E-state index in [9.17, 15) is 24.9 Å². The maximum atomic E-state index is 12.2. The van der Waals surface area contributed by atoms with Crippen LogP contribution in [-0.2, 0) is 6.42 Å². The molecule has 2 aliphatic carbocycles. The number of H-pyrrole nitrogens is 1. The molecule has 1 aliphatic heterocycles. The van der Waals surface area contributed by atoms with Crippen LogP contribution >= 0.6 is 0 Å². The lowest BCUT2D eigenvalue weighted by Crippen LogP contribution is -2.28. The second-order valence-electron chi connectivity index (χ2n) is 7.97. The number of rotatable bonds is 2. The molecule has 2 heterocycles. The molecule has 0 bridgehead atoms. The first-order valence-corrected chi connectivity index (χ1v) is 9.41. The molecular formula is C20H21N3O5. The van der Waals surface area contributed by atoms with E-state index in [0.717, 1.165) is 18.8 Å². The van der Waals surface area contributed by atoms with Gasteiger partial charge in [-0.05, 0) is 42.4 Å². The van der Waals surface area contributed by atoms with Crippen LogP contribution in [0.4, 0.5) is 5.69 Å². The van der Waals surface area contributed by atoms with Crippen molar-refractivity contribution in [1.29, 1.82) is 0 Å². The Hall–Kier alpha value is -2.84. The van der Waals surface area contributed by atoms with E-state index in [1.807, 2.05) is 18.2 Å². The predicted octanol–water partition coefficient (Wildman–Crippen LogP) is 0.819. The van der Waals surface area contributed by atoms with Crippen molar-refractivity contribution in [2.75, 3.05) is 18.0 Å². The number of aromatic carboxylic acids is 1. The number of carbonyl (C=O) groups is 1. The number of hydrogen-bond donors (Lipinski definition) is 5. The summed E-state index contributed by atoms with van der Waals surface area (Å²) in [6.45, 7) is 1.80. The molecule has 0 radical (unpaired) electrons. The normalized spacial score (nSPS) is 27.6.